The highest BCUT2D eigenvalue weighted by Crippen LogP contribution is 2.21. The van der Waals surface area contributed by atoms with Crippen molar-refractivity contribution in [2.75, 3.05) is 0 Å². The molecular formula is C14H12F2INO3S. The number of benzene rings is 2. The van der Waals surface area contributed by atoms with Gasteiger partial charge in [-0.2, -0.15) is 8.78 Å². The predicted molar refractivity (Wildman–Crippen MR) is 86.3 cm³/mol. The second kappa shape index (κ2) is 7.34. The molecule has 2 aromatic carbocycles. The minimum Gasteiger partial charge on any atom is -0.434 e. The van der Waals surface area contributed by atoms with Crippen LogP contribution < -0.4 is 9.46 Å². The first-order valence-electron chi connectivity index (χ1n) is 6.16. The molecule has 0 fully saturated rings. The van der Waals surface area contributed by atoms with Crippen molar-refractivity contribution < 1.29 is 21.9 Å². The van der Waals surface area contributed by atoms with E-state index in [1.807, 2.05) is 0 Å². The quantitative estimate of drug-likeness (QED) is 0.703. The summed E-state index contributed by atoms with van der Waals surface area (Å²) in [6.45, 7) is -3.11. The van der Waals surface area contributed by atoms with E-state index >= 15 is 0 Å². The number of hydrogen-bond donors (Lipinski definition) is 1. The molecule has 0 aliphatic heterocycles. The number of ether oxygens (including phenoxy) is 1. The van der Waals surface area contributed by atoms with Gasteiger partial charge in [-0.3, -0.25) is 0 Å². The van der Waals surface area contributed by atoms with Gasteiger partial charge in [-0.1, -0.05) is 18.2 Å². The standard InChI is InChI=1S/C14H12F2INO3S/c15-14(16)21-13-4-2-1-3-10(13)9-18-22(19,20)12-7-5-11(17)6-8-12/h1-8,14,18H,9H2. The van der Waals surface area contributed by atoms with Crippen molar-refractivity contribution in [1.82, 2.24) is 4.72 Å². The zero-order valence-corrected chi connectivity index (χ0v) is 14.1. The second-order valence-electron chi connectivity index (χ2n) is 4.26. The first-order valence-corrected chi connectivity index (χ1v) is 8.72. The molecule has 0 aromatic heterocycles. The minimum absolute atomic E-state index is 0.0530. The molecule has 0 atom stereocenters. The zero-order chi connectivity index (χ0) is 16.2. The topological polar surface area (TPSA) is 55.4 Å². The Labute approximate surface area is 140 Å². The summed E-state index contributed by atoms with van der Waals surface area (Å²) in [6.07, 6.45) is 0. The van der Waals surface area contributed by atoms with Crippen LogP contribution in [0.25, 0.3) is 0 Å². The summed E-state index contributed by atoms with van der Waals surface area (Å²) >= 11 is 2.07. The molecule has 2 rings (SSSR count). The first-order chi connectivity index (χ1) is 10.4. The smallest absolute Gasteiger partial charge is 0.387 e. The number of rotatable bonds is 6. The second-order valence-corrected chi connectivity index (χ2v) is 7.28. The van der Waals surface area contributed by atoms with E-state index in [2.05, 4.69) is 32.0 Å². The van der Waals surface area contributed by atoms with Crippen molar-refractivity contribution in [2.24, 2.45) is 0 Å². The van der Waals surface area contributed by atoms with E-state index in [0.717, 1.165) is 3.57 Å². The van der Waals surface area contributed by atoms with Gasteiger partial charge in [-0.05, 0) is 52.9 Å². The molecule has 0 saturated carbocycles. The Bertz CT molecular complexity index is 736. The third-order valence-corrected chi connectivity index (χ3v) is 4.90. The molecule has 0 saturated heterocycles. The molecule has 22 heavy (non-hydrogen) atoms. The van der Waals surface area contributed by atoms with Gasteiger partial charge in [-0.25, -0.2) is 13.1 Å². The lowest BCUT2D eigenvalue weighted by Crippen LogP contribution is -2.23. The van der Waals surface area contributed by atoms with E-state index in [1.54, 1.807) is 18.2 Å². The Morgan fingerprint density at radius 3 is 2.36 bits per heavy atom. The van der Waals surface area contributed by atoms with Crippen LogP contribution in [0.15, 0.2) is 53.4 Å². The maximum absolute atomic E-state index is 12.3. The van der Waals surface area contributed by atoms with Gasteiger partial charge >= 0.3 is 6.61 Å². The molecule has 4 nitrogen and oxygen atoms in total. The lowest BCUT2D eigenvalue weighted by molar-refractivity contribution is -0.0504. The molecule has 0 bridgehead atoms. The van der Waals surface area contributed by atoms with Crippen LogP contribution in [0, 0.1) is 3.57 Å². The highest BCUT2D eigenvalue weighted by Gasteiger charge is 2.15. The van der Waals surface area contributed by atoms with Crippen LogP contribution in [0.1, 0.15) is 5.56 Å². The van der Waals surface area contributed by atoms with Gasteiger partial charge in [0.1, 0.15) is 5.75 Å². The van der Waals surface area contributed by atoms with Crippen molar-refractivity contribution in [3.63, 3.8) is 0 Å². The van der Waals surface area contributed by atoms with Gasteiger partial charge in [0.05, 0.1) is 4.90 Å². The Morgan fingerprint density at radius 1 is 1.09 bits per heavy atom. The van der Waals surface area contributed by atoms with Crippen molar-refractivity contribution in [3.05, 3.63) is 57.7 Å². The van der Waals surface area contributed by atoms with Gasteiger partial charge in [-0.15, -0.1) is 0 Å². The monoisotopic (exact) mass is 439 g/mol. The fourth-order valence-corrected chi connectivity index (χ4v) is 3.10. The number of sulfonamides is 1. The largest absolute Gasteiger partial charge is 0.434 e. The van der Waals surface area contributed by atoms with Crippen molar-refractivity contribution >= 4 is 32.6 Å². The average Bonchev–Trinajstić information content (AvgIpc) is 2.46. The maximum atomic E-state index is 12.3. The van der Waals surface area contributed by atoms with Gasteiger partial charge in [0, 0.05) is 15.7 Å². The zero-order valence-electron chi connectivity index (χ0n) is 11.2. The molecule has 118 valence electrons. The van der Waals surface area contributed by atoms with E-state index in [-0.39, 0.29) is 17.2 Å². The van der Waals surface area contributed by atoms with Crippen LogP contribution in [0.4, 0.5) is 8.78 Å². The Hall–Kier alpha value is -1.26. The molecule has 0 radical (unpaired) electrons. The van der Waals surface area contributed by atoms with Crippen molar-refractivity contribution in [1.29, 1.82) is 0 Å². The van der Waals surface area contributed by atoms with E-state index in [1.165, 1.54) is 30.3 Å². The third kappa shape index (κ3) is 4.62. The van der Waals surface area contributed by atoms with Gasteiger partial charge in [0.15, 0.2) is 0 Å². The summed E-state index contributed by atoms with van der Waals surface area (Å²) in [5.41, 5.74) is 0.330. The van der Waals surface area contributed by atoms with Gasteiger partial charge in [0.2, 0.25) is 10.0 Å². The number of para-hydroxylation sites is 1. The fourth-order valence-electron chi connectivity index (χ4n) is 1.73. The minimum atomic E-state index is -3.72. The molecular weight excluding hydrogens is 427 g/mol. The average molecular weight is 439 g/mol. The molecule has 0 heterocycles. The first kappa shape index (κ1) is 17.1. The van der Waals surface area contributed by atoms with Crippen LogP contribution in [-0.2, 0) is 16.6 Å². The highest BCUT2D eigenvalue weighted by atomic mass is 127. The Balaban J connectivity index is 2.14. The van der Waals surface area contributed by atoms with E-state index in [9.17, 15) is 17.2 Å². The lowest BCUT2D eigenvalue weighted by atomic mass is 10.2. The normalized spacial score (nSPS) is 11.6. The molecule has 0 unspecified atom stereocenters. The van der Waals surface area contributed by atoms with Crippen molar-refractivity contribution in [3.8, 4) is 5.75 Å². The molecule has 0 aliphatic carbocycles. The molecule has 0 aliphatic rings. The molecule has 0 spiro atoms. The van der Waals surface area contributed by atoms with E-state index < -0.39 is 16.6 Å². The summed E-state index contributed by atoms with van der Waals surface area (Å²) in [7, 11) is -3.72. The van der Waals surface area contributed by atoms with Crippen LogP contribution in [0.5, 0.6) is 5.75 Å². The van der Waals surface area contributed by atoms with Crippen LogP contribution >= 0.6 is 22.6 Å². The van der Waals surface area contributed by atoms with E-state index in [0.29, 0.717) is 5.56 Å². The third-order valence-electron chi connectivity index (χ3n) is 2.77. The number of halogens is 3. The van der Waals surface area contributed by atoms with Crippen LogP contribution in [0.3, 0.4) is 0 Å². The van der Waals surface area contributed by atoms with Gasteiger partial charge in [0.25, 0.3) is 0 Å². The summed E-state index contributed by atoms with van der Waals surface area (Å²) in [5.74, 6) is -0.0530. The molecule has 8 heteroatoms. The summed E-state index contributed by atoms with van der Waals surface area (Å²) in [6, 6.07) is 12.3. The van der Waals surface area contributed by atoms with Gasteiger partial charge < -0.3 is 4.74 Å². The predicted octanol–water partition coefficient (Wildman–Crippen LogP) is 3.37. The summed E-state index contributed by atoms with van der Waals surface area (Å²) < 4.78 is 56.6. The van der Waals surface area contributed by atoms with Crippen molar-refractivity contribution in [2.45, 2.75) is 18.1 Å². The van der Waals surface area contributed by atoms with Crippen LogP contribution in [-0.4, -0.2) is 15.0 Å². The Kier molecular flexibility index (Phi) is 5.70. The van der Waals surface area contributed by atoms with Crippen LogP contribution in [0.2, 0.25) is 0 Å². The molecule has 1 N–H and O–H groups in total. The number of alkyl halides is 2. The highest BCUT2D eigenvalue weighted by molar-refractivity contribution is 14.1. The number of nitrogens with one attached hydrogen (secondary N) is 1. The fraction of sp³-hybridized carbons (Fsp3) is 0.143. The lowest BCUT2D eigenvalue weighted by Gasteiger charge is -2.11. The summed E-state index contributed by atoms with van der Waals surface area (Å²) in [4.78, 5) is 0.111. The SMILES string of the molecule is O=S(=O)(NCc1ccccc1OC(F)F)c1ccc(I)cc1. The molecule has 0 amide bonds. The summed E-state index contributed by atoms with van der Waals surface area (Å²) in [5, 5.41) is 0. The molecule has 2 aromatic rings. The maximum Gasteiger partial charge on any atom is 0.387 e. The number of hydrogen-bond acceptors (Lipinski definition) is 3. The van der Waals surface area contributed by atoms with E-state index in [4.69, 9.17) is 0 Å². The Morgan fingerprint density at radius 2 is 1.73 bits per heavy atom.